The van der Waals surface area contributed by atoms with Crippen molar-refractivity contribution >= 4 is 22.4 Å². The average molecular weight is 312 g/mol. The van der Waals surface area contributed by atoms with Gasteiger partial charge in [0.2, 0.25) is 0 Å². The van der Waals surface area contributed by atoms with E-state index in [1.807, 2.05) is 6.92 Å². The lowest BCUT2D eigenvalue weighted by Crippen LogP contribution is -2.21. The third kappa shape index (κ3) is 4.17. The van der Waals surface area contributed by atoms with E-state index >= 15 is 0 Å². The second-order valence-electron chi connectivity index (χ2n) is 5.35. The van der Waals surface area contributed by atoms with Crippen molar-refractivity contribution in [1.82, 2.24) is 4.98 Å². The first-order valence-corrected chi connectivity index (χ1v) is 8.39. The Morgan fingerprint density at radius 1 is 1.57 bits per heavy atom. The number of ether oxygens (including phenoxy) is 2. The van der Waals surface area contributed by atoms with Crippen LogP contribution in [-0.4, -0.2) is 37.3 Å². The van der Waals surface area contributed by atoms with Crippen LogP contribution >= 0.6 is 11.3 Å². The van der Waals surface area contributed by atoms with Crippen LogP contribution in [0.2, 0.25) is 0 Å². The highest BCUT2D eigenvalue weighted by Crippen LogP contribution is 2.37. The highest BCUT2D eigenvalue weighted by Gasteiger charge is 2.31. The first-order chi connectivity index (χ1) is 10.2. The number of hydrogen-bond donors (Lipinski definition) is 1. The van der Waals surface area contributed by atoms with Crippen LogP contribution in [0.25, 0.3) is 0 Å². The van der Waals surface area contributed by atoms with E-state index in [2.05, 4.69) is 17.2 Å². The second-order valence-corrected chi connectivity index (χ2v) is 6.43. The van der Waals surface area contributed by atoms with Crippen LogP contribution in [0.3, 0.4) is 0 Å². The molecule has 2 rings (SSSR count). The van der Waals surface area contributed by atoms with E-state index in [9.17, 15) is 4.79 Å². The number of aryl methyl sites for hydroxylation is 1. The minimum absolute atomic E-state index is 0.136. The molecule has 0 fully saturated rings. The molecule has 0 aliphatic heterocycles. The minimum atomic E-state index is -0.185. The van der Waals surface area contributed by atoms with Gasteiger partial charge in [-0.2, -0.15) is 0 Å². The van der Waals surface area contributed by atoms with Crippen LogP contribution < -0.4 is 5.32 Å². The lowest BCUT2D eigenvalue weighted by Gasteiger charge is -2.19. The van der Waals surface area contributed by atoms with Crippen LogP contribution in [-0.2, 0) is 20.7 Å². The number of esters is 1. The molecule has 0 radical (unpaired) electrons. The van der Waals surface area contributed by atoms with Gasteiger partial charge in [0, 0.05) is 24.6 Å². The van der Waals surface area contributed by atoms with Crippen molar-refractivity contribution in [2.45, 2.75) is 51.5 Å². The molecule has 0 spiro atoms. The molecule has 21 heavy (non-hydrogen) atoms. The normalized spacial score (nSPS) is 18.9. The smallest absolute Gasteiger partial charge is 0.315 e. The number of nitrogens with one attached hydrogen (secondary N) is 1. The fourth-order valence-electron chi connectivity index (χ4n) is 2.53. The lowest BCUT2D eigenvalue weighted by molar-refractivity contribution is -0.145. The standard InChI is InChI=1S/C15H24N2O3S/c1-4-20-14(18)11-6-5-7-12-13(11)17-15(21-12)16-10(2)8-9-19-3/h10-11H,4-9H2,1-3H3,(H,16,17). The van der Waals surface area contributed by atoms with Crippen molar-refractivity contribution in [1.29, 1.82) is 0 Å². The molecule has 1 N–H and O–H groups in total. The summed E-state index contributed by atoms with van der Waals surface area (Å²) in [6, 6.07) is 0.304. The molecule has 0 saturated carbocycles. The first kappa shape index (κ1) is 16.2. The molecule has 118 valence electrons. The molecule has 1 heterocycles. The molecule has 0 saturated heterocycles. The van der Waals surface area contributed by atoms with Crippen molar-refractivity contribution in [3.8, 4) is 0 Å². The SMILES string of the molecule is CCOC(=O)C1CCCc2sc(NC(C)CCOC)nc21. The van der Waals surface area contributed by atoms with Gasteiger partial charge < -0.3 is 14.8 Å². The summed E-state index contributed by atoms with van der Waals surface area (Å²) in [5.41, 5.74) is 0.922. The summed E-state index contributed by atoms with van der Waals surface area (Å²) >= 11 is 1.67. The average Bonchev–Trinajstić information content (AvgIpc) is 2.87. The molecule has 6 heteroatoms. The van der Waals surface area contributed by atoms with Crippen LogP contribution in [0.15, 0.2) is 0 Å². The molecule has 0 amide bonds. The molecule has 0 aromatic carbocycles. The third-order valence-electron chi connectivity index (χ3n) is 3.65. The number of thiazole rings is 1. The van der Waals surface area contributed by atoms with Gasteiger partial charge in [-0.05, 0) is 39.5 Å². The summed E-state index contributed by atoms with van der Waals surface area (Å²) in [6.45, 7) is 5.11. The molecule has 2 atom stereocenters. The zero-order chi connectivity index (χ0) is 15.2. The van der Waals surface area contributed by atoms with Gasteiger partial charge in [-0.1, -0.05) is 0 Å². The van der Waals surface area contributed by atoms with Crippen molar-refractivity contribution in [2.24, 2.45) is 0 Å². The number of nitrogens with zero attached hydrogens (tertiary/aromatic N) is 1. The predicted octanol–water partition coefficient (Wildman–Crippen LogP) is 2.96. The van der Waals surface area contributed by atoms with E-state index in [0.29, 0.717) is 12.6 Å². The van der Waals surface area contributed by atoms with Crippen LogP contribution in [0.4, 0.5) is 5.13 Å². The summed E-state index contributed by atoms with van der Waals surface area (Å²) in [6.07, 6.45) is 3.81. The largest absolute Gasteiger partial charge is 0.465 e. The van der Waals surface area contributed by atoms with E-state index < -0.39 is 0 Å². The van der Waals surface area contributed by atoms with Crippen molar-refractivity contribution in [2.75, 3.05) is 25.6 Å². The molecule has 5 nitrogen and oxygen atoms in total. The van der Waals surface area contributed by atoms with Crippen molar-refractivity contribution in [3.05, 3.63) is 10.6 Å². The minimum Gasteiger partial charge on any atom is -0.465 e. The van der Waals surface area contributed by atoms with Gasteiger partial charge in [-0.15, -0.1) is 11.3 Å². The number of anilines is 1. The van der Waals surface area contributed by atoms with E-state index in [-0.39, 0.29) is 11.9 Å². The first-order valence-electron chi connectivity index (χ1n) is 7.57. The molecule has 1 aromatic rings. The van der Waals surface area contributed by atoms with Crippen LogP contribution in [0, 0.1) is 0 Å². The second kappa shape index (κ2) is 7.75. The van der Waals surface area contributed by atoms with Crippen molar-refractivity contribution in [3.63, 3.8) is 0 Å². The van der Waals surface area contributed by atoms with Gasteiger partial charge >= 0.3 is 5.97 Å². The Morgan fingerprint density at radius 2 is 2.38 bits per heavy atom. The maximum Gasteiger partial charge on any atom is 0.315 e. The lowest BCUT2D eigenvalue weighted by atomic mass is 9.91. The zero-order valence-electron chi connectivity index (χ0n) is 13.0. The number of carbonyl (C=O) groups is 1. The van der Waals surface area contributed by atoms with E-state index in [1.165, 1.54) is 4.88 Å². The third-order valence-corrected chi connectivity index (χ3v) is 4.71. The number of methoxy groups -OCH3 is 1. The Labute approximate surface area is 130 Å². The van der Waals surface area contributed by atoms with Crippen LogP contribution in [0.1, 0.15) is 49.6 Å². The number of carbonyl (C=O) groups excluding carboxylic acids is 1. The fourth-order valence-corrected chi connectivity index (χ4v) is 3.71. The highest BCUT2D eigenvalue weighted by molar-refractivity contribution is 7.15. The summed E-state index contributed by atoms with van der Waals surface area (Å²) < 4.78 is 10.3. The Hall–Kier alpha value is -1.14. The van der Waals surface area contributed by atoms with Gasteiger partial charge in [-0.25, -0.2) is 4.98 Å². The van der Waals surface area contributed by atoms with Gasteiger partial charge in [-0.3, -0.25) is 4.79 Å². The predicted molar refractivity (Wildman–Crippen MR) is 84.0 cm³/mol. The number of rotatable bonds is 7. The van der Waals surface area contributed by atoms with Crippen LogP contribution in [0.5, 0.6) is 0 Å². The van der Waals surface area contributed by atoms with Gasteiger partial charge in [0.1, 0.15) is 5.92 Å². The molecule has 1 aliphatic carbocycles. The molecular formula is C15H24N2O3S. The quantitative estimate of drug-likeness (QED) is 0.784. The number of fused-ring (bicyclic) bond motifs is 1. The summed E-state index contributed by atoms with van der Waals surface area (Å²) in [4.78, 5) is 17.9. The number of hydrogen-bond acceptors (Lipinski definition) is 6. The maximum atomic E-state index is 12.0. The molecule has 0 bridgehead atoms. The maximum absolute atomic E-state index is 12.0. The summed E-state index contributed by atoms with van der Waals surface area (Å²) in [7, 11) is 1.71. The van der Waals surface area contributed by atoms with E-state index in [1.54, 1.807) is 18.4 Å². The Morgan fingerprint density at radius 3 is 3.10 bits per heavy atom. The summed E-state index contributed by atoms with van der Waals surface area (Å²) in [5, 5.41) is 4.30. The van der Waals surface area contributed by atoms with Crippen molar-refractivity contribution < 1.29 is 14.3 Å². The molecule has 1 aromatic heterocycles. The molecule has 2 unspecified atom stereocenters. The molecule has 1 aliphatic rings. The van der Waals surface area contributed by atoms with Gasteiger partial charge in [0.15, 0.2) is 5.13 Å². The molecular weight excluding hydrogens is 288 g/mol. The zero-order valence-corrected chi connectivity index (χ0v) is 13.8. The Kier molecular flexibility index (Phi) is 5.99. The monoisotopic (exact) mass is 312 g/mol. The van der Waals surface area contributed by atoms with Gasteiger partial charge in [0.05, 0.1) is 12.3 Å². The Balaban J connectivity index is 2.06. The Bertz CT molecular complexity index is 475. The topological polar surface area (TPSA) is 60.5 Å². The fraction of sp³-hybridized carbons (Fsp3) is 0.733. The number of aromatic nitrogens is 1. The summed E-state index contributed by atoms with van der Waals surface area (Å²) in [5.74, 6) is -0.322. The van der Waals surface area contributed by atoms with Gasteiger partial charge in [0.25, 0.3) is 0 Å². The van der Waals surface area contributed by atoms with E-state index in [4.69, 9.17) is 9.47 Å². The van der Waals surface area contributed by atoms with E-state index in [0.717, 1.165) is 43.1 Å². The highest BCUT2D eigenvalue weighted by atomic mass is 32.1.